The summed E-state index contributed by atoms with van der Waals surface area (Å²) < 4.78 is 16.1. The van der Waals surface area contributed by atoms with Crippen molar-refractivity contribution in [1.82, 2.24) is 9.78 Å². The number of benzene rings is 1. The molecule has 1 unspecified atom stereocenters. The van der Waals surface area contributed by atoms with E-state index in [2.05, 4.69) is 21.0 Å². The van der Waals surface area contributed by atoms with Crippen molar-refractivity contribution in [3.05, 3.63) is 52.0 Å². The first-order chi connectivity index (χ1) is 8.60. The highest BCUT2D eigenvalue weighted by atomic mass is 79.9. The van der Waals surface area contributed by atoms with Crippen LogP contribution in [0.5, 0.6) is 0 Å². The van der Waals surface area contributed by atoms with E-state index in [9.17, 15) is 9.50 Å². The van der Waals surface area contributed by atoms with E-state index in [0.29, 0.717) is 15.6 Å². The lowest BCUT2D eigenvalue weighted by atomic mass is 10.0. The number of halogens is 2. The monoisotopic (exact) mass is 312 g/mol. The minimum atomic E-state index is -0.735. The molecule has 0 bridgehead atoms. The van der Waals surface area contributed by atoms with Gasteiger partial charge in [0.05, 0.1) is 12.3 Å². The predicted octanol–water partition coefficient (Wildman–Crippen LogP) is 3.08. The average molecular weight is 313 g/mol. The zero-order chi connectivity index (χ0) is 13.1. The Morgan fingerprint density at radius 3 is 2.89 bits per heavy atom. The van der Waals surface area contributed by atoms with Crippen LogP contribution in [0.3, 0.4) is 0 Å². The Labute approximate surface area is 113 Å². The molecule has 96 valence electrons. The zero-order valence-corrected chi connectivity index (χ0v) is 11.6. The topological polar surface area (TPSA) is 38.0 Å². The Bertz CT molecular complexity index is 542. The number of hydrogen-bond donors (Lipinski definition) is 1. The van der Waals surface area contributed by atoms with Crippen LogP contribution in [0.15, 0.2) is 35.1 Å². The quantitative estimate of drug-likeness (QED) is 0.942. The van der Waals surface area contributed by atoms with Gasteiger partial charge in [-0.05, 0) is 24.6 Å². The van der Waals surface area contributed by atoms with Crippen LogP contribution in [0.2, 0.25) is 0 Å². The molecule has 1 N–H and O–H groups in total. The van der Waals surface area contributed by atoms with Crippen molar-refractivity contribution in [2.75, 3.05) is 0 Å². The maximum atomic E-state index is 13.6. The second-order valence-corrected chi connectivity index (χ2v) is 5.00. The fourth-order valence-corrected chi connectivity index (χ4v) is 2.07. The number of aryl methyl sites for hydroxylation is 1. The molecule has 1 atom stereocenters. The van der Waals surface area contributed by atoms with E-state index >= 15 is 0 Å². The number of hydrogen-bond acceptors (Lipinski definition) is 2. The Kier molecular flexibility index (Phi) is 4.14. The molecule has 0 radical (unpaired) electrons. The third-order valence-corrected chi connectivity index (χ3v) is 3.28. The normalized spacial score (nSPS) is 12.7. The molecule has 2 rings (SSSR count). The molecule has 0 spiro atoms. The highest BCUT2D eigenvalue weighted by Gasteiger charge is 2.13. The summed E-state index contributed by atoms with van der Waals surface area (Å²) in [4.78, 5) is 0. The van der Waals surface area contributed by atoms with Crippen molar-refractivity contribution in [3.63, 3.8) is 0 Å². The molecule has 1 aromatic carbocycles. The summed E-state index contributed by atoms with van der Waals surface area (Å²) in [6.45, 7) is 2.72. The molecule has 1 heterocycles. The third kappa shape index (κ3) is 2.97. The molecule has 5 heteroatoms. The molecule has 0 aliphatic rings. The minimum absolute atomic E-state index is 0.245. The summed E-state index contributed by atoms with van der Waals surface area (Å²) in [6, 6.07) is 4.84. The first-order valence-corrected chi connectivity index (χ1v) is 6.53. The predicted molar refractivity (Wildman–Crippen MR) is 70.7 cm³/mol. The number of aliphatic hydroxyl groups is 1. The lowest BCUT2D eigenvalue weighted by Crippen LogP contribution is -2.03. The average Bonchev–Trinajstić information content (AvgIpc) is 2.81. The lowest BCUT2D eigenvalue weighted by molar-refractivity contribution is 0.177. The maximum absolute atomic E-state index is 13.6. The SMILES string of the molecule is CCn1cc(C(O)Cc2ccc(Br)cc2F)cn1. The van der Waals surface area contributed by atoms with E-state index in [1.807, 2.05) is 6.92 Å². The minimum Gasteiger partial charge on any atom is -0.388 e. The number of aliphatic hydroxyl groups excluding tert-OH is 1. The van der Waals surface area contributed by atoms with Crippen LogP contribution < -0.4 is 0 Å². The van der Waals surface area contributed by atoms with Crippen molar-refractivity contribution in [3.8, 4) is 0 Å². The number of aromatic nitrogens is 2. The van der Waals surface area contributed by atoms with Gasteiger partial charge in [-0.15, -0.1) is 0 Å². The van der Waals surface area contributed by atoms with E-state index in [1.54, 1.807) is 29.2 Å². The smallest absolute Gasteiger partial charge is 0.127 e. The summed E-state index contributed by atoms with van der Waals surface area (Å²) in [5.41, 5.74) is 1.20. The van der Waals surface area contributed by atoms with Crippen molar-refractivity contribution in [1.29, 1.82) is 0 Å². The van der Waals surface area contributed by atoms with Gasteiger partial charge in [-0.2, -0.15) is 5.10 Å². The van der Waals surface area contributed by atoms with Crippen molar-refractivity contribution < 1.29 is 9.50 Å². The second-order valence-electron chi connectivity index (χ2n) is 4.09. The van der Waals surface area contributed by atoms with Crippen molar-refractivity contribution >= 4 is 15.9 Å². The van der Waals surface area contributed by atoms with Gasteiger partial charge < -0.3 is 5.11 Å². The van der Waals surface area contributed by atoms with E-state index in [4.69, 9.17) is 0 Å². The Balaban J connectivity index is 2.13. The van der Waals surface area contributed by atoms with Crippen LogP contribution in [0.1, 0.15) is 24.2 Å². The largest absolute Gasteiger partial charge is 0.388 e. The molecule has 0 fully saturated rings. The van der Waals surface area contributed by atoms with Gasteiger partial charge in [0, 0.05) is 29.2 Å². The van der Waals surface area contributed by atoms with Gasteiger partial charge in [0.1, 0.15) is 5.82 Å². The summed E-state index contributed by atoms with van der Waals surface area (Å²) >= 11 is 3.20. The van der Waals surface area contributed by atoms with Gasteiger partial charge in [0.25, 0.3) is 0 Å². The molecule has 0 aliphatic heterocycles. The Hall–Kier alpha value is -1.20. The maximum Gasteiger partial charge on any atom is 0.127 e. The van der Waals surface area contributed by atoms with Crippen LogP contribution in [-0.2, 0) is 13.0 Å². The van der Waals surface area contributed by atoms with E-state index in [0.717, 1.165) is 6.54 Å². The molecule has 18 heavy (non-hydrogen) atoms. The zero-order valence-electron chi connectivity index (χ0n) is 9.98. The molecule has 0 saturated heterocycles. The lowest BCUT2D eigenvalue weighted by Gasteiger charge is -2.09. The standard InChI is InChI=1S/C13H14BrFN2O/c1-2-17-8-10(7-16-17)13(18)5-9-3-4-11(14)6-12(9)15/h3-4,6-8,13,18H,2,5H2,1H3. The van der Waals surface area contributed by atoms with Gasteiger partial charge in [0.2, 0.25) is 0 Å². The molecular formula is C13H14BrFN2O. The fourth-order valence-electron chi connectivity index (χ4n) is 1.74. The first kappa shape index (κ1) is 13.2. The van der Waals surface area contributed by atoms with Crippen molar-refractivity contribution in [2.45, 2.75) is 26.0 Å². The van der Waals surface area contributed by atoms with E-state index in [1.165, 1.54) is 6.07 Å². The second kappa shape index (κ2) is 5.63. The van der Waals surface area contributed by atoms with Gasteiger partial charge in [0.15, 0.2) is 0 Å². The highest BCUT2D eigenvalue weighted by Crippen LogP contribution is 2.22. The molecule has 0 saturated carbocycles. The summed E-state index contributed by atoms with van der Waals surface area (Å²) in [7, 11) is 0. The first-order valence-electron chi connectivity index (χ1n) is 5.74. The summed E-state index contributed by atoms with van der Waals surface area (Å²) in [5.74, 6) is -0.314. The molecule has 2 aromatic rings. The van der Waals surface area contributed by atoms with Gasteiger partial charge >= 0.3 is 0 Å². The molecular weight excluding hydrogens is 299 g/mol. The van der Waals surface area contributed by atoms with E-state index in [-0.39, 0.29) is 12.2 Å². The highest BCUT2D eigenvalue weighted by molar-refractivity contribution is 9.10. The van der Waals surface area contributed by atoms with Crippen LogP contribution in [0, 0.1) is 5.82 Å². The van der Waals surface area contributed by atoms with Crippen LogP contribution in [-0.4, -0.2) is 14.9 Å². The molecule has 0 amide bonds. The third-order valence-electron chi connectivity index (χ3n) is 2.79. The van der Waals surface area contributed by atoms with Crippen LogP contribution in [0.4, 0.5) is 4.39 Å². The Morgan fingerprint density at radius 2 is 2.28 bits per heavy atom. The summed E-state index contributed by atoms with van der Waals surface area (Å²) in [5, 5.41) is 14.1. The van der Waals surface area contributed by atoms with E-state index < -0.39 is 6.10 Å². The van der Waals surface area contributed by atoms with Gasteiger partial charge in [-0.25, -0.2) is 4.39 Å². The van der Waals surface area contributed by atoms with Gasteiger partial charge in [-0.1, -0.05) is 22.0 Å². The number of rotatable bonds is 4. The Morgan fingerprint density at radius 1 is 1.50 bits per heavy atom. The van der Waals surface area contributed by atoms with Crippen LogP contribution in [0.25, 0.3) is 0 Å². The molecule has 3 nitrogen and oxygen atoms in total. The van der Waals surface area contributed by atoms with Crippen LogP contribution >= 0.6 is 15.9 Å². The number of nitrogens with zero attached hydrogens (tertiary/aromatic N) is 2. The van der Waals surface area contributed by atoms with Crippen molar-refractivity contribution in [2.24, 2.45) is 0 Å². The van der Waals surface area contributed by atoms with Gasteiger partial charge in [-0.3, -0.25) is 4.68 Å². The summed E-state index contributed by atoms with van der Waals surface area (Å²) in [6.07, 6.45) is 2.90. The molecule has 0 aliphatic carbocycles. The fraction of sp³-hybridized carbons (Fsp3) is 0.308. The molecule has 1 aromatic heterocycles.